The molecule has 0 unspecified atom stereocenters. The molecule has 1 aromatic rings. The number of rotatable bonds is 6. The Morgan fingerprint density at radius 1 is 1.11 bits per heavy atom. The third-order valence-corrected chi connectivity index (χ3v) is 4.27. The molecule has 18 heavy (non-hydrogen) atoms. The predicted octanol–water partition coefficient (Wildman–Crippen LogP) is 3.21. The van der Waals surface area contributed by atoms with Crippen molar-refractivity contribution in [2.75, 3.05) is 5.75 Å². The van der Waals surface area contributed by atoms with E-state index in [1.807, 2.05) is 19.1 Å². The summed E-state index contributed by atoms with van der Waals surface area (Å²) >= 11 is 0. The van der Waals surface area contributed by atoms with E-state index in [9.17, 15) is 17.2 Å². The monoisotopic (exact) mass is 276 g/mol. The van der Waals surface area contributed by atoms with Gasteiger partial charge in [-0.1, -0.05) is 31.2 Å². The molecule has 1 rings (SSSR count). The van der Waals surface area contributed by atoms with Crippen LogP contribution in [0.5, 0.6) is 0 Å². The van der Waals surface area contributed by atoms with Crippen LogP contribution in [-0.4, -0.2) is 20.1 Å². The smallest absolute Gasteiger partial charge is 0.228 e. The van der Waals surface area contributed by atoms with Crippen molar-refractivity contribution in [3.8, 4) is 0 Å². The zero-order valence-corrected chi connectivity index (χ0v) is 11.4. The number of sulfone groups is 1. The lowest BCUT2D eigenvalue weighted by atomic mass is 10.1. The highest BCUT2D eigenvalue weighted by Crippen LogP contribution is 2.19. The molecule has 2 nitrogen and oxygen atoms in total. The summed E-state index contributed by atoms with van der Waals surface area (Å²) in [4.78, 5) is 0. The van der Waals surface area contributed by atoms with Gasteiger partial charge in [0.1, 0.15) is 0 Å². The fourth-order valence-electron chi connectivity index (χ4n) is 1.53. The van der Waals surface area contributed by atoms with Crippen molar-refractivity contribution in [2.24, 2.45) is 0 Å². The summed E-state index contributed by atoms with van der Waals surface area (Å²) < 4.78 is 48.6. The van der Waals surface area contributed by atoms with Gasteiger partial charge in [-0.15, -0.1) is 0 Å². The summed E-state index contributed by atoms with van der Waals surface area (Å²) in [5.41, 5.74) is 1.77. The van der Waals surface area contributed by atoms with Crippen LogP contribution in [0.25, 0.3) is 0 Å². The largest absolute Gasteiger partial charge is 0.246 e. The first kappa shape index (κ1) is 15.1. The van der Waals surface area contributed by atoms with Crippen LogP contribution >= 0.6 is 0 Å². The van der Waals surface area contributed by atoms with Gasteiger partial charge >= 0.3 is 0 Å². The second-order valence-electron chi connectivity index (χ2n) is 4.58. The molecule has 0 aliphatic rings. The van der Waals surface area contributed by atoms with Crippen molar-refractivity contribution in [1.82, 2.24) is 0 Å². The first-order chi connectivity index (χ1) is 8.22. The average Bonchev–Trinajstić information content (AvgIpc) is 2.26. The molecular weight excluding hydrogens is 258 g/mol. The van der Waals surface area contributed by atoms with E-state index in [1.54, 1.807) is 12.1 Å². The molecular formula is C13H18F2O2S. The molecule has 0 amide bonds. The molecule has 0 heterocycles. The van der Waals surface area contributed by atoms with Crippen molar-refractivity contribution < 1.29 is 17.2 Å². The standard InChI is InChI=1S/C13H18F2O2S/c1-3-11-4-6-12(7-5-11)10-18(16,17)9-8-13(2,14)15/h4-7H,3,8-10H2,1-2H3. The van der Waals surface area contributed by atoms with Gasteiger partial charge in [-0.2, -0.15) is 0 Å². The number of aryl methyl sites for hydroxylation is 1. The highest BCUT2D eigenvalue weighted by molar-refractivity contribution is 7.90. The Bertz CT molecular complexity index is 473. The maximum atomic E-state index is 12.6. The Morgan fingerprint density at radius 3 is 2.06 bits per heavy atom. The van der Waals surface area contributed by atoms with E-state index in [4.69, 9.17) is 0 Å². The molecule has 5 heteroatoms. The SMILES string of the molecule is CCc1ccc(CS(=O)(=O)CCC(C)(F)F)cc1. The third kappa shape index (κ3) is 5.58. The molecule has 0 radical (unpaired) electrons. The minimum Gasteiger partial charge on any atom is -0.228 e. The van der Waals surface area contributed by atoms with E-state index >= 15 is 0 Å². The first-order valence-corrected chi connectivity index (χ1v) is 7.70. The quantitative estimate of drug-likeness (QED) is 0.799. The van der Waals surface area contributed by atoms with Gasteiger partial charge in [0.05, 0.1) is 11.5 Å². The number of hydrogen-bond acceptors (Lipinski definition) is 2. The van der Waals surface area contributed by atoms with Gasteiger partial charge < -0.3 is 0 Å². The van der Waals surface area contributed by atoms with Gasteiger partial charge in [0, 0.05) is 6.42 Å². The van der Waals surface area contributed by atoms with Crippen molar-refractivity contribution >= 4 is 9.84 Å². The molecule has 0 spiro atoms. The summed E-state index contributed by atoms with van der Waals surface area (Å²) in [6.45, 7) is 2.74. The molecule has 1 aromatic carbocycles. The summed E-state index contributed by atoms with van der Waals surface area (Å²) in [7, 11) is -3.47. The Labute approximate surface area is 107 Å². The number of hydrogen-bond donors (Lipinski definition) is 0. The van der Waals surface area contributed by atoms with Crippen LogP contribution < -0.4 is 0 Å². The second-order valence-corrected chi connectivity index (χ2v) is 6.77. The van der Waals surface area contributed by atoms with Crippen molar-refractivity contribution in [3.05, 3.63) is 35.4 Å². The molecule has 0 saturated carbocycles. The van der Waals surface area contributed by atoms with Gasteiger partial charge in [-0.05, 0) is 24.5 Å². The van der Waals surface area contributed by atoms with Gasteiger partial charge in [0.15, 0.2) is 9.84 Å². The Kier molecular flexibility index (Phi) is 4.85. The fourth-order valence-corrected chi connectivity index (χ4v) is 3.05. The van der Waals surface area contributed by atoms with Crippen LogP contribution in [0.1, 0.15) is 31.4 Å². The van der Waals surface area contributed by atoms with E-state index in [0.717, 1.165) is 18.9 Å². The van der Waals surface area contributed by atoms with Crippen molar-refractivity contribution in [1.29, 1.82) is 0 Å². The molecule has 102 valence electrons. The van der Waals surface area contributed by atoms with E-state index in [2.05, 4.69) is 0 Å². The maximum Gasteiger partial charge on any atom is 0.246 e. The summed E-state index contributed by atoms with van der Waals surface area (Å²) in [5.74, 6) is -3.59. The van der Waals surface area contributed by atoms with Gasteiger partial charge in [0.2, 0.25) is 5.92 Å². The van der Waals surface area contributed by atoms with Crippen LogP contribution in [-0.2, 0) is 22.0 Å². The highest BCUT2D eigenvalue weighted by Gasteiger charge is 2.24. The lowest BCUT2D eigenvalue weighted by Gasteiger charge is -2.10. The Morgan fingerprint density at radius 2 is 1.61 bits per heavy atom. The van der Waals surface area contributed by atoms with Gasteiger partial charge in [-0.3, -0.25) is 0 Å². The maximum absolute atomic E-state index is 12.6. The zero-order chi connectivity index (χ0) is 13.8. The normalized spacial score (nSPS) is 12.7. The lowest BCUT2D eigenvalue weighted by molar-refractivity contribution is 0.0189. The number of benzene rings is 1. The average molecular weight is 276 g/mol. The number of alkyl halides is 2. The molecule has 0 bridgehead atoms. The van der Waals surface area contributed by atoms with E-state index in [1.165, 1.54) is 0 Å². The van der Waals surface area contributed by atoms with E-state index in [0.29, 0.717) is 5.56 Å². The molecule has 0 aromatic heterocycles. The van der Waals surface area contributed by atoms with Gasteiger partial charge in [0.25, 0.3) is 0 Å². The highest BCUT2D eigenvalue weighted by atomic mass is 32.2. The zero-order valence-electron chi connectivity index (χ0n) is 10.6. The van der Waals surface area contributed by atoms with Crippen LogP contribution in [0.15, 0.2) is 24.3 Å². The molecule has 0 fully saturated rings. The fraction of sp³-hybridized carbons (Fsp3) is 0.538. The molecule has 0 aliphatic carbocycles. The van der Waals surface area contributed by atoms with Crippen LogP contribution in [0.2, 0.25) is 0 Å². The second kappa shape index (κ2) is 5.78. The minimum absolute atomic E-state index is 0.174. The van der Waals surface area contributed by atoms with Crippen molar-refractivity contribution in [2.45, 2.75) is 38.4 Å². The molecule has 0 aliphatic heterocycles. The van der Waals surface area contributed by atoms with Crippen molar-refractivity contribution in [3.63, 3.8) is 0 Å². The van der Waals surface area contributed by atoms with E-state index in [-0.39, 0.29) is 5.75 Å². The molecule has 0 N–H and O–H groups in total. The lowest BCUT2D eigenvalue weighted by Crippen LogP contribution is -2.18. The van der Waals surface area contributed by atoms with Crippen LogP contribution in [0.3, 0.4) is 0 Å². The van der Waals surface area contributed by atoms with Gasteiger partial charge in [-0.25, -0.2) is 17.2 Å². The summed E-state index contributed by atoms with van der Waals surface area (Å²) in [5, 5.41) is 0. The Hall–Kier alpha value is -0.970. The summed E-state index contributed by atoms with van der Waals surface area (Å²) in [6.07, 6.45) is 0.261. The Balaban J connectivity index is 2.64. The number of halogens is 2. The summed E-state index contributed by atoms with van der Waals surface area (Å²) in [6, 6.07) is 7.19. The molecule has 0 atom stereocenters. The minimum atomic E-state index is -3.47. The van der Waals surface area contributed by atoms with Crippen LogP contribution in [0.4, 0.5) is 8.78 Å². The van der Waals surface area contributed by atoms with E-state index < -0.39 is 27.9 Å². The molecule has 0 saturated heterocycles. The topological polar surface area (TPSA) is 34.1 Å². The van der Waals surface area contributed by atoms with Crippen LogP contribution in [0, 0.1) is 0 Å². The predicted molar refractivity (Wildman–Crippen MR) is 68.5 cm³/mol. The third-order valence-electron chi connectivity index (χ3n) is 2.67. The first-order valence-electron chi connectivity index (χ1n) is 5.88.